The summed E-state index contributed by atoms with van der Waals surface area (Å²) < 4.78 is 1.47. The van der Waals surface area contributed by atoms with Crippen LogP contribution in [0.5, 0.6) is 0 Å². The van der Waals surface area contributed by atoms with Crippen LogP contribution in [-0.4, -0.2) is 14.4 Å². The average Bonchev–Trinajstić information content (AvgIpc) is 2.34. The van der Waals surface area contributed by atoms with Crippen LogP contribution in [0.1, 0.15) is 5.69 Å². The molecule has 2 aromatic rings. The van der Waals surface area contributed by atoms with E-state index >= 15 is 0 Å². The first kappa shape index (κ1) is 8.99. The fourth-order valence-corrected chi connectivity index (χ4v) is 1.05. The van der Waals surface area contributed by atoms with Crippen LogP contribution in [0.25, 0.3) is 5.65 Å². The molecule has 4 nitrogen and oxygen atoms in total. The van der Waals surface area contributed by atoms with Gasteiger partial charge < -0.3 is 4.98 Å². The van der Waals surface area contributed by atoms with Crippen molar-refractivity contribution in [2.45, 2.75) is 6.92 Å². The summed E-state index contributed by atoms with van der Waals surface area (Å²) in [5.41, 5.74) is 1.37. The van der Waals surface area contributed by atoms with Crippen molar-refractivity contribution < 1.29 is 0 Å². The van der Waals surface area contributed by atoms with Crippen molar-refractivity contribution in [2.24, 2.45) is 0 Å². The summed E-state index contributed by atoms with van der Waals surface area (Å²) in [5.74, 6) is 0. The number of aromatic amines is 1. The molecule has 0 bridgehead atoms. The average molecular weight is 230 g/mol. The molecule has 0 amide bonds. The van der Waals surface area contributed by atoms with Gasteiger partial charge in [0.25, 0.3) is 0 Å². The molecule has 64 valence electrons. The molecule has 0 aliphatic heterocycles. The molecule has 12 heavy (non-hydrogen) atoms. The van der Waals surface area contributed by atoms with Crippen LogP contribution < -0.4 is 5.69 Å². The fraction of sp³-hybridized carbons (Fsp3) is 0.143. The normalized spacial score (nSPS) is 9.75. The minimum atomic E-state index is -0.141. The number of imidazole rings is 1. The van der Waals surface area contributed by atoms with Crippen LogP contribution >= 0.6 is 17.0 Å². The molecular formula is C7H8BrN3O. The second-order valence-corrected chi connectivity index (χ2v) is 2.41. The highest BCUT2D eigenvalue weighted by Crippen LogP contribution is 1.95. The third-order valence-electron chi connectivity index (χ3n) is 1.54. The van der Waals surface area contributed by atoms with E-state index in [1.807, 2.05) is 13.0 Å². The SMILES string of the molecule is Br.Cc1cc2nccn2c(=O)[nH]1. The van der Waals surface area contributed by atoms with E-state index in [0.29, 0.717) is 5.65 Å². The lowest BCUT2D eigenvalue weighted by molar-refractivity contribution is 0.972. The van der Waals surface area contributed by atoms with Crippen LogP contribution in [0.15, 0.2) is 23.3 Å². The van der Waals surface area contributed by atoms with E-state index in [2.05, 4.69) is 9.97 Å². The molecule has 0 unspecified atom stereocenters. The fourth-order valence-electron chi connectivity index (χ4n) is 1.05. The Balaban J connectivity index is 0.000000720. The molecule has 0 aromatic carbocycles. The van der Waals surface area contributed by atoms with Gasteiger partial charge in [-0.15, -0.1) is 17.0 Å². The second kappa shape index (κ2) is 3.10. The van der Waals surface area contributed by atoms with Gasteiger partial charge in [-0.25, -0.2) is 9.78 Å². The van der Waals surface area contributed by atoms with Gasteiger partial charge in [-0.2, -0.15) is 0 Å². The van der Waals surface area contributed by atoms with Crippen LogP contribution in [0.4, 0.5) is 0 Å². The molecule has 5 heteroatoms. The van der Waals surface area contributed by atoms with E-state index in [9.17, 15) is 4.79 Å². The number of hydrogen-bond acceptors (Lipinski definition) is 2. The molecule has 0 saturated carbocycles. The van der Waals surface area contributed by atoms with Gasteiger partial charge in [0.2, 0.25) is 0 Å². The van der Waals surface area contributed by atoms with E-state index in [1.165, 1.54) is 4.40 Å². The number of nitrogens with one attached hydrogen (secondary N) is 1. The van der Waals surface area contributed by atoms with Crippen LogP contribution in [0.2, 0.25) is 0 Å². The molecule has 0 saturated heterocycles. The Hall–Kier alpha value is -1.10. The molecule has 0 aliphatic rings. The summed E-state index contributed by atoms with van der Waals surface area (Å²) in [4.78, 5) is 17.8. The Morgan fingerprint density at radius 2 is 2.33 bits per heavy atom. The highest BCUT2D eigenvalue weighted by molar-refractivity contribution is 8.93. The monoisotopic (exact) mass is 229 g/mol. The Morgan fingerprint density at radius 1 is 1.58 bits per heavy atom. The zero-order valence-corrected chi connectivity index (χ0v) is 8.16. The van der Waals surface area contributed by atoms with Gasteiger partial charge in [0, 0.05) is 24.2 Å². The number of halogens is 1. The first-order valence-corrected chi connectivity index (χ1v) is 3.30. The maximum Gasteiger partial charge on any atom is 0.331 e. The first-order valence-electron chi connectivity index (χ1n) is 3.30. The molecule has 2 aromatic heterocycles. The van der Waals surface area contributed by atoms with Crippen molar-refractivity contribution in [3.8, 4) is 0 Å². The molecule has 2 heterocycles. The Bertz CT molecular complexity index is 445. The lowest BCUT2D eigenvalue weighted by Crippen LogP contribution is -2.15. The standard InChI is InChI=1S/C7H7N3O.BrH/c1-5-4-6-8-2-3-10(6)7(11)9-5;/h2-4H,1H3,(H,9,11);1H. The van der Waals surface area contributed by atoms with Crippen molar-refractivity contribution >= 4 is 22.6 Å². The smallest absolute Gasteiger partial charge is 0.311 e. The van der Waals surface area contributed by atoms with E-state index in [-0.39, 0.29) is 22.7 Å². The zero-order chi connectivity index (χ0) is 7.84. The van der Waals surface area contributed by atoms with Gasteiger partial charge in [-0.05, 0) is 6.92 Å². The summed E-state index contributed by atoms with van der Waals surface area (Å²) in [7, 11) is 0. The molecular weight excluding hydrogens is 222 g/mol. The zero-order valence-electron chi connectivity index (χ0n) is 6.44. The molecule has 0 aliphatic carbocycles. The van der Waals surface area contributed by atoms with Crippen molar-refractivity contribution in [1.82, 2.24) is 14.4 Å². The predicted molar refractivity (Wildman–Crippen MR) is 50.9 cm³/mol. The minimum Gasteiger partial charge on any atom is -0.311 e. The first-order chi connectivity index (χ1) is 5.27. The highest BCUT2D eigenvalue weighted by atomic mass is 79.9. The van der Waals surface area contributed by atoms with Crippen molar-refractivity contribution in [3.05, 3.63) is 34.6 Å². The maximum absolute atomic E-state index is 11.1. The van der Waals surface area contributed by atoms with Gasteiger partial charge in [0.15, 0.2) is 0 Å². The van der Waals surface area contributed by atoms with Crippen molar-refractivity contribution in [2.75, 3.05) is 0 Å². The summed E-state index contributed by atoms with van der Waals surface area (Å²) in [5, 5.41) is 0. The van der Waals surface area contributed by atoms with Gasteiger partial charge in [0.1, 0.15) is 5.65 Å². The summed E-state index contributed by atoms with van der Waals surface area (Å²) in [6, 6.07) is 1.82. The van der Waals surface area contributed by atoms with E-state index in [0.717, 1.165) is 5.69 Å². The van der Waals surface area contributed by atoms with Crippen LogP contribution in [0.3, 0.4) is 0 Å². The Kier molecular flexibility index (Phi) is 2.32. The van der Waals surface area contributed by atoms with Crippen molar-refractivity contribution in [1.29, 1.82) is 0 Å². The molecule has 0 fully saturated rings. The van der Waals surface area contributed by atoms with Gasteiger partial charge in [0.05, 0.1) is 0 Å². The Labute approximate surface area is 79.0 Å². The van der Waals surface area contributed by atoms with E-state index in [1.54, 1.807) is 12.4 Å². The van der Waals surface area contributed by atoms with Crippen LogP contribution in [0, 0.1) is 6.92 Å². The molecule has 1 N–H and O–H groups in total. The van der Waals surface area contributed by atoms with Crippen LogP contribution in [-0.2, 0) is 0 Å². The number of hydrogen-bond donors (Lipinski definition) is 1. The molecule has 0 radical (unpaired) electrons. The number of rotatable bonds is 0. The molecule has 2 rings (SSSR count). The summed E-state index contributed by atoms with van der Waals surface area (Å²) in [6.07, 6.45) is 3.23. The number of aryl methyl sites for hydroxylation is 1. The van der Waals surface area contributed by atoms with Gasteiger partial charge in [-0.3, -0.25) is 4.40 Å². The lowest BCUT2D eigenvalue weighted by Gasteiger charge is -1.92. The quantitative estimate of drug-likeness (QED) is 0.731. The second-order valence-electron chi connectivity index (χ2n) is 2.41. The summed E-state index contributed by atoms with van der Waals surface area (Å²) >= 11 is 0. The number of H-pyrrole nitrogens is 1. The topological polar surface area (TPSA) is 50.2 Å². The largest absolute Gasteiger partial charge is 0.331 e. The van der Waals surface area contributed by atoms with E-state index < -0.39 is 0 Å². The summed E-state index contributed by atoms with van der Waals surface area (Å²) in [6.45, 7) is 1.83. The third kappa shape index (κ3) is 1.27. The highest BCUT2D eigenvalue weighted by Gasteiger charge is 1.96. The third-order valence-corrected chi connectivity index (χ3v) is 1.54. The maximum atomic E-state index is 11.1. The van der Waals surface area contributed by atoms with Gasteiger partial charge >= 0.3 is 5.69 Å². The number of aromatic nitrogens is 3. The van der Waals surface area contributed by atoms with Gasteiger partial charge in [-0.1, -0.05) is 0 Å². The minimum absolute atomic E-state index is 0. The number of fused-ring (bicyclic) bond motifs is 1. The Morgan fingerprint density at radius 3 is 3.08 bits per heavy atom. The predicted octanol–water partition coefficient (Wildman–Crippen LogP) is 0.909. The van der Waals surface area contributed by atoms with Crippen molar-refractivity contribution in [3.63, 3.8) is 0 Å². The lowest BCUT2D eigenvalue weighted by atomic mass is 10.4. The number of nitrogens with zero attached hydrogens (tertiary/aromatic N) is 2. The molecule has 0 atom stereocenters. The molecule has 0 spiro atoms. The van der Waals surface area contributed by atoms with E-state index in [4.69, 9.17) is 0 Å².